The minimum Gasteiger partial charge on any atom is -0.396 e. The topological polar surface area (TPSA) is 32.3 Å². The van der Waals surface area contributed by atoms with Gasteiger partial charge in [0.15, 0.2) is 0 Å². The van der Waals surface area contributed by atoms with Crippen LogP contribution in [0.3, 0.4) is 0 Å². The van der Waals surface area contributed by atoms with E-state index in [9.17, 15) is 0 Å². The molecule has 0 aromatic heterocycles. The molecule has 70 valence electrons. The van der Waals surface area contributed by atoms with Crippen LogP contribution in [0.5, 0.6) is 0 Å². The van der Waals surface area contributed by atoms with Gasteiger partial charge >= 0.3 is 0 Å². The Kier molecular flexibility index (Phi) is 2.62. The van der Waals surface area contributed by atoms with Crippen molar-refractivity contribution in [2.45, 2.75) is 19.4 Å². The van der Waals surface area contributed by atoms with Gasteiger partial charge in [0.1, 0.15) is 0 Å². The first-order valence-electron chi connectivity index (χ1n) is 4.82. The molecule has 1 aromatic rings. The summed E-state index contributed by atoms with van der Waals surface area (Å²) in [6.45, 7) is 2.32. The van der Waals surface area contributed by atoms with Crippen LogP contribution in [0, 0.1) is 0 Å². The molecule has 2 rings (SSSR count). The second-order valence-electron chi connectivity index (χ2n) is 3.50. The standard InChI is InChI=1S/C11H15NO/c13-6-4-9-1-2-11-8-12-5-3-10(11)7-9/h1-2,7,12-13H,3-6,8H2. The number of aliphatic hydroxyl groups is 1. The number of benzene rings is 1. The molecule has 0 unspecified atom stereocenters. The van der Waals surface area contributed by atoms with Gasteiger partial charge < -0.3 is 10.4 Å². The minimum atomic E-state index is 0.247. The maximum Gasteiger partial charge on any atom is 0.0471 e. The monoisotopic (exact) mass is 177 g/mol. The molecule has 0 atom stereocenters. The Hall–Kier alpha value is -0.860. The highest BCUT2D eigenvalue weighted by Gasteiger charge is 2.07. The smallest absolute Gasteiger partial charge is 0.0471 e. The average Bonchev–Trinajstić information content (AvgIpc) is 2.18. The first kappa shape index (κ1) is 8.73. The fourth-order valence-electron chi connectivity index (χ4n) is 1.82. The van der Waals surface area contributed by atoms with E-state index in [1.807, 2.05) is 0 Å². The summed E-state index contributed by atoms with van der Waals surface area (Å²) in [5.41, 5.74) is 4.11. The summed E-state index contributed by atoms with van der Waals surface area (Å²) in [6.07, 6.45) is 1.90. The SMILES string of the molecule is OCCc1ccc2c(c1)CCNC2. The average molecular weight is 177 g/mol. The molecule has 2 nitrogen and oxygen atoms in total. The molecule has 0 saturated heterocycles. The summed E-state index contributed by atoms with van der Waals surface area (Å²) in [7, 11) is 0. The van der Waals surface area contributed by atoms with Crippen molar-refractivity contribution < 1.29 is 5.11 Å². The highest BCUT2D eigenvalue weighted by Crippen LogP contribution is 2.15. The van der Waals surface area contributed by atoms with E-state index >= 15 is 0 Å². The van der Waals surface area contributed by atoms with Crippen molar-refractivity contribution in [2.24, 2.45) is 0 Å². The molecule has 1 aliphatic heterocycles. The van der Waals surface area contributed by atoms with Gasteiger partial charge in [-0.05, 0) is 36.1 Å². The number of nitrogens with one attached hydrogen (secondary N) is 1. The largest absolute Gasteiger partial charge is 0.396 e. The van der Waals surface area contributed by atoms with Gasteiger partial charge in [-0.15, -0.1) is 0 Å². The second kappa shape index (κ2) is 3.90. The Bertz CT molecular complexity index is 296. The molecule has 1 aliphatic rings. The predicted octanol–water partition coefficient (Wildman–Crippen LogP) is 0.867. The van der Waals surface area contributed by atoms with Crippen molar-refractivity contribution in [2.75, 3.05) is 13.2 Å². The Morgan fingerprint density at radius 1 is 1.31 bits per heavy atom. The fourth-order valence-corrected chi connectivity index (χ4v) is 1.82. The van der Waals surface area contributed by atoms with Gasteiger partial charge in [0.2, 0.25) is 0 Å². The van der Waals surface area contributed by atoms with Crippen molar-refractivity contribution >= 4 is 0 Å². The van der Waals surface area contributed by atoms with Gasteiger partial charge in [-0.3, -0.25) is 0 Å². The molecule has 0 spiro atoms. The van der Waals surface area contributed by atoms with Crippen molar-refractivity contribution in [3.05, 3.63) is 34.9 Å². The van der Waals surface area contributed by atoms with Crippen molar-refractivity contribution in [3.8, 4) is 0 Å². The van der Waals surface area contributed by atoms with Gasteiger partial charge in [0.05, 0.1) is 0 Å². The minimum absolute atomic E-state index is 0.247. The summed E-state index contributed by atoms with van der Waals surface area (Å²) in [6, 6.07) is 6.51. The molecule has 1 heterocycles. The normalized spacial score (nSPS) is 15.5. The van der Waals surface area contributed by atoms with Crippen molar-refractivity contribution in [3.63, 3.8) is 0 Å². The van der Waals surface area contributed by atoms with Gasteiger partial charge in [0.25, 0.3) is 0 Å². The lowest BCUT2D eigenvalue weighted by Gasteiger charge is -2.17. The second-order valence-corrected chi connectivity index (χ2v) is 3.50. The molecule has 13 heavy (non-hydrogen) atoms. The quantitative estimate of drug-likeness (QED) is 0.702. The van der Waals surface area contributed by atoms with Crippen LogP contribution in [0.2, 0.25) is 0 Å². The van der Waals surface area contributed by atoms with Crippen molar-refractivity contribution in [1.29, 1.82) is 0 Å². The van der Waals surface area contributed by atoms with Crippen molar-refractivity contribution in [1.82, 2.24) is 5.32 Å². The summed E-state index contributed by atoms with van der Waals surface area (Å²) in [5, 5.41) is 12.2. The van der Waals surface area contributed by atoms with Crippen LogP contribution in [0.1, 0.15) is 16.7 Å². The van der Waals surface area contributed by atoms with Gasteiger partial charge in [-0.1, -0.05) is 18.2 Å². The van der Waals surface area contributed by atoms with Gasteiger partial charge in [-0.25, -0.2) is 0 Å². The Morgan fingerprint density at radius 2 is 2.23 bits per heavy atom. The first-order valence-corrected chi connectivity index (χ1v) is 4.82. The zero-order chi connectivity index (χ0) is 9.10. The molecule has 0 fully saturated rings. The molecular formula is C11H15NO. The van der Waals surface area contributed by atoms with E-state index < -0.39 is 0 Å². The lowest BCUT2D eigenvalue weighted by Crippen LogP contribution is -2.23. The molecule has 0 amide bonds. The molecule has 1 aromatic carbocycles. The maximum atomic E-state index is 8.81. The van der Waals surface area contributed by atoms with E-state index in [0.717, 1.165) is 25.9 Å². The van der Waals surface area contributed by atoms with E-state index in [1.54, 1.807) is 0 Å². The lowest BCUT2D eigenvalue weighted by atomic mass is 9.97. The number of rotatable bonds is 2. The Balaban J connectivity index is 2.24. The lowest BCUT2D eigenvalue weighted by molar-refractivity contribution is 0.299. The van der Waals surface area contributed by atoms with E-state index in [-0.39, 0.29) is 6.61 Å². The van der Waals surface area contributed by atoms with Crippen LogP contribution in [0.15, 0.2) is 18.2 Å². The Labute approximate surface area is 78.6 Å². The third-order valence-electron chi connectivity index (χ3n) is 2.56. The van der Waals surface area contributed by atoms with E-state index in [4.69, 9.17) is 5.11 Å². The predicted molar refractivity (Wildman–Crippen MR) is 52.6 cm³/mol. The van der Waals surface area contributed by atoms with E-state index in [0.29, 0.717) is 0 Å². The molecule has 0 bridgehead atoms. The summed E-state index contributed by atoms with van der Waals surface area (Å²) in [4.78, 5) is 0. The zero-order valence-electron chi connectivity index (χ0n) is 7.71. The van der Waals surface area contributed by atoms with Crippen LogP contribution in [-0.2, 0) is 19.4 Å². The van der Waals surface area contributed by atoms with Crippen LogP contribution >= 0.6 is 0 Å². The number of hydrogen-bond donors (Lipinski definition) is 2. The summed E-state index contributed by atoms with van der Waals surface area (Å²) >= 11 is 0. The molecular weight excluding hydrogens is 162 g/mol. The highest BCUT2D eigenvalue weighted by atomic mass is 16.2. The van der Waals surface area contributed by atoms with Crippen LogP contribution in [0.25, 0.3) is 0 Å². The van der Waals surface area contributed by atoms with Crippen LogP contribution < -0.4 is 5.32 Å². The molecule has 0 radical (unpaired) electrons. The van der Waals surface area contributed by atoms with Crippen LogP contribution in [0.4, 0.5) is 0 Å². The fraction of sp³-hybridized carbons (Fsp3) is 0.455. The maximum absolute atomic E-state index is 8.81. The van der Waals surface area contributed by atoms with Gasteiger partial charge in [-0.2, -0.15) is 0 Å². The molecule has 2 heteroatoms. The number of aliphatic hydroxyl groups excluding tert-OH is 1. The highest BCUT2D eigenvalue weighted by molar-refractivity contribution is 5.33. The van der Waals surface area contributed by atoms with Crippen LogP contribution in [-0.4, -0.2) is 18.3 Å². The number of fused-ring (bicyclic) bond motifs is 1. The molecule has 2 N–H and O–H groups in total. The first-order chi connectivity index (χ1) is 6.40. The third-order valence-corrected chi connectivity index (χ3v) is 2.56. The molecule has 0 aliphatic carbocycles. The Morgan fingerprint density at radius 3 is 3.08 bits per heavy atom. The zero-order valence-corrected chi connectivity index (χ0v) is 7.71. The molecule has 0 saturated carbocycles. The van der Waals surface area contributed by atoms with E-state index in [1.165, 1.54) is 16.7 Å². The third kappa shape index (κ3) is 1.90. The summed E-state index contributed by atoms with van der Waals surface area (Å²) in [5.74, 6) is 0. The van der Waals surface area contributed by atoms with Gasteiger partial charge in [0, 0.05) is 13.2 Å². The summed E-state index contributed by atoms with van der Waals surface area (Å²) < 4.78 is 0. The number of hydrogen-bond acceptors (Lipinski definition) is 2. The van der Waals surface area contributed by atoms with E-state index in [2.05, 4.69) is 23.5 Å².